The van der Waals surface area contributed by atoms with E-state index in [2.05, 4.69) is 10.6 Å². The van der Waals surface area contributed by atoms with Crippen molar-refractivity contribution in [3.8, 4) is 0 Å². The average molecular weight is 521 g/mol. The van der Waals surface area contributed by atoms with Gasteiger partial charge in [-0.15, -0.1) is 0 Å². The Morgan fingerprint density at radius 3 is 2.44 bits per heavy atom. The van der Waals surface area contributed by atoms with Crippen molar-refractivity contribution >= 4 is 27.7 Å². The number of sulfonamides is 1. The minimum absolute atomic E-state index is 0.118. The van der Waals surface area contributed by atoms with Crippen LogP contribution in [0.3, 0.4) is 0 Å². The van der Waals surface area contributed by atoms with Crippen LogP contribution in [0.5, 0.6) is 0 Å². The second-order valence-corrected chi connectivity index (χ2v) is 10.5. The van der Waals surface area contributed by atoms with Crippen molar-refractivity contribution < 1.29 is 33.1 Å². The number of amides is 2. The summed E-state index contributed by atoms with van der Waals surface area (Å²) in [5, 5.41) is 25.3. The highest BCUT2D eigenvalue weighted by Gasteiger charge is 2.34. The zero-order valence-corrected chi connectivity index (χ0v) is 20.6. The van der Waals surface area contributed by atoms with Gasteiger partial charge in [0.25, 0.3) is 10.0 Å². The van der Waals surface area contributed by atoms with E-state index in [0.29, 0.717) is 18.5 Å². The highest BCUT2D eigenvalue weighted by molar-refractivity contribution is 7.89. The Balaban J connectivity index is 1.85. The molecule has 0 bridgehead atoms. The number of nitrogens with two attached hydrogens (primary N) is 1. The number of nitrogens with zero attached hydrogens (tertiary/aromatic N) is 1. The molecule has 1 aliphatic carbocycles. The molecule has 11 nitrogen and oxygen atoms in total. The monoisotopic (exact) mass is 520 g/mol. The molecule has 1 fully saturated rings. The third-order valence-corrected chi connectivity index (χ3v) is 7.46. The highest BCUT2D eigenvalue weighted by Crippen LogP contribution is 2.27. The zero-order chi connectivity index (χ0) is 26.1. The van der Waals surface area contributed by atoms with Gasteiger partial charge in [0.1, 0.15) is 0 Å². The Morgan fingerprint density at radius 1 is 1.11 bits per heavy atom. The number of anilines is 1. The standard InChI is InChI=1S/C24H32N4O7S/c25-23(30)15-26-18-9-6-12-20(14-18)36(33,34)28(35-19-10-4-5-11-19)16-22(29)21(27-24(31)32)13-17-7-2-1-3-8-17/h1-3,6-9,12,14,19,21-22,26-27,29H,4-5,10-11,13,15-16H2,(H2,25,30)(H,31,32)/t21-,22+/m0/s1. The van der Waals surface area contributed by atoms with E-state index in [0.717, 1.165) is 22.9 Å². The van der Waals surface area contributed by atoms with Crippen LogP contribution in [0.2, 0.25) is 0 Å². The van der Waals surface area contributed by atoms with Crippen molar-refractivity contribution in [1.29, 1.82) is 0 Å². The lowest BCUT2D eigenvalue weighted by molar-refractivity contribution is -0.145. The van der Waals surface area contributed by atoms with Crippen molar-refractivity contribution in [3.05, 3.63) is 60.2 Å². The van der Waals surface area contributed by atoms with Gasteiger partial charge in [-0.25, -0.2) is 13.2 Å². The molecule has 0 aliphatic heterocycles. The molecule has 0 saturated heterocycles. The fourth-order valence-corrected chi connectivity index (χ4v) is 5.37. The van der Waals surface area contributed by atoms with Crippen LogP contribution in [0.1, 0.15) is 31.2 Å². The van der Waals surface area contributed by atoms with E-state index < -0.39 is 40.7 Å². The maximum Gasteiger partial charge on any atom is 0.404 e. The molecule has 0 heterocycles. The lowest BCUT2D eigenvalue weighted by atomic mass is 10.0. The number of carbonyl (C=O) groups is 2. The fraction of sp³-hybridized carbons (Fsp3) is 0.417. The quantitative estimate of drug-likeness (QED) is 0.248. The Bertz CT molecular complexity index is 1120. The molecule has 2 aromatic rings. The number of aliphatic hydroxyl groups is 1. The molecule has 2 amide bonds. The number of hydrogen-bond acceptors (Lipinski definition) is 7. The Kier molecular flexibility index (Phi) is 9.65. The van der Waals surface area contributed by atoms with E-state index in [4.69, 9.17) is 10.6 Å². The molecular weight excluding hydrogens is 488 g/mol. The summed E-state index contributed by atoms with van der Waals surface area (Å²) in [4.78, 5) is 28.2. The van der Waals surface area contributed by atoms with Crippen LogP contribution in [0.4, 0.5) is 10.5 Å². The summed E-state index contributed by atoms with van der Waals surface area (Å²) in [7, 11) is -4.26. The summed E-state index contributed by atoms with van der Waals surface area (Å²) >= 11 is 0. The van der Waals surface area contributed by atoms with Gasteiger partial charge in [0.15, 0.2) is 0 Å². The molecule has 1 aliphatic rings. The normalized spacial score (nSPS) is 15.9. The predicted molar refractivity (Wildman–Crippen MR) is 132 cm³/mol. The van der Waals surface area contributed by atoms with Crippen molar-refractivity contribution in [1.82, 2.24) is 9.79 Å². The van der Waals surface area contributed by atoms with Crippen LogP contribution in [0, 0.1) is 0 Å². The van der Waals surface area contributed by atoms with Crippen LogP contribution in [-0.4, -0.2) is 66.4 Å². The molecule has 12 heteroatoms. The Hall–Kier alpha value is -3.19. The number of aliphatic hydroxyl groups excluding tert-OH is 1. The van der Waals surface area contributed by atoms with Crippen LogP contribution in [0.15, 0.2) is 59.5 Å². The van der Waals surface area contributed by atoms with Gasteiger partial charge in [-0.3, -0.25) is 9.63 Å². The number of hydrogen-bond donors (Lipinski definition) is 5. The molecule has 36 heavy (non-hydrogen) atoms. The summed E-state index contributed by atoms with van der Waals surface area (Å²) in [6, 6.07) is 13.8. The van der Waals surface area contributed by atoms with Crippen LogP contribution in [0.25, 0.3) is 0 Å². The minimum atomic E-state index is -4.26. The molecule has 1 saturated carbocycles. The number of hydroxylamine groups is 1. The van der Waals surface area contributed by atoms with Crippen LogP contribution < -0.4 is 16.4 Å². The number of benzene rings is 2. The van der Waals surface area contributed by atoms with Crippen molar-refractivity contribution in [2.45, 2.75) is 55.2 Å². The van der Waals surface area contributed by atoms with Gasteiger partial charge >= 0.3 is 6.09 Å². The van der Waals surface area contributed by atoms with Gasteiger partial charge in [0.05, 0.1) is 36.2 Å². The molecule has 3 rings (SSSR count). The van der Waals surface area contributed by atoms with Gasteiger partial charge in [-0.2, -0.15) is 0 Å². The zero-order valence-electron chi connectivity index (χ0n) is 19.7. The molecule has 2 aromatic carbocycles. The van der Waals surface area contributed by atoms with Gasteiger partial charge in [0.2, 0.25) is 5.91 Å². The molecule has 0 aromatic heterocycles. The van der Waals surface area contributed by atoms with Crippen molar-refractivity contribution in [2.75, 3.05) is 18.4 Å². The summed E-state index contributed by atoms with van der Waals surface area (Å²) in [5.41, 5.74) is 6.29. The van der Waals surface area contributed by atoms with E-state index >= 15 is 0 Å². The molecule has 0 unspecified atom stereocenters. The summed E-state index contributed by atoms with van der Waals surface area (Å²) in [6.45, 7) is -0.665. The average Bonchev–Trinajstić information content (AvgIpc) is 3.35. The number of carboxylic acid groups (broad SMARTS) is 1. The summed E-state index contributed by atoms with van der Waals surface area (Å²) in [5.74, 6) is -0.604. The second-order valence-electron chi connectivity index (χ2n) is 8.66. The van der Waals surface area contributed by atoms with E-state index in [1.165, 1.54) is 18.2 Å². The number of nitrogens with one attached hydrogen (secondary N) is 2. The molecule has 0 radical (unpaired) electrons. The first-order valence-electron chi connectivity index (χ1n) is 11.7. The first-order valence-corrected chi connectivity index (χ1v) is 13.1. The Labute approximate surface area is 210 Å². The maximum atomic E-state index is 13.6. The third-order valence-electron chi connectivity index (χ3n) is 5.84. The smallest absolute Gasteiger partial charge is 0.404 e. The largest absolute Gasteiger partial charge is 0.465 e. The van der Waals surface area contributed by atoms with Gasteiger partial charge in [-0.1, -0.05) is 53.7 Å². The maximum absolute atomic E-state index is 13.6. The lowest BCUT2D eigenvalue weighted by Crippen LogP contribution is -2.50. The molecule has 196 valence electrons. The topological polar surface area (TPSA) is 171 Å². The molecule has 0 spiro atoms. The number of primary amides is 1. The summed E-state index contributed by atoms with van der Waals surface area (Å²) in [6.07, 6.45) is 0.186. The first-order chi connectivity index (χ1) is 17.1. The van der Waals surface area contributed by atoms with E-state index in [1.807, 2.05) is 6.07 Å². The third kappa shape index (κ3) is 7.92. The van der Waals surface area contributed by atoms with Crippen molar-refractivity contribution in [3.63, 3.8) is 0 Å². The number of carbonyl (C=O) groups excluding carboxylic acids is 1. The van der Waals surface area contributed by atoms with Gasteiger partial charge in [0, 0.05) is 5.69 Å². The van der Waals surface area contributed by atoms with E-state index in [-0.39, 0.29) is 24.0 Å². The minimum Gasteiger partial charge on any atom is -0.465 e. The predicted octanol–water partition coefficient (Wildman–Crippen LogP) is 1.69. The molecular formula is C24H32N4O7S. The SMILES string of the molecule is NC(=O)CNc1cccc(S(=O)(=O)N(C[C@@H](O)[C@H](Cc2ccccc2)NC(=O)O)OC2CCCC2)c1. The fourth-order valence-electron chi connectivity index (χ4n) is 4.02. The lowest BCUT2D eigenvalue weighted by Gasteiger charge is -2.30. The number of rotatable bonds is 13. The summed E-state index contributed by atoms with van der Waals surface area (Å²) < 4.78 is 27.9. The molecule has 6 N–H and O–H groups in total. The van der Waals surface area contributed by atoms with E-state index in [9.17, 15) is 28.2 Å². The van der Waals surface area contributed by atoms with Crippen molar-refractivity contribution in [2.24, 2.45) is 5.73 Å². The van der Waals surface area contributed by atoms with Gasteiger partial charge in [-0.05, 0) is 43.0 Å². The molecule has 2 atom stereocenters. The highest BCUT2D eigenvalue weighted by atomic mass is 32.2. The van der Waals surface area contributed by atoms with E-state index in [1.54, 1.807) is 30.3 Å². The Morgan fingerprint density at radius 2 is 1.81 bits per heavy atom. The van der Waals surface area contributed by atoms with Crippen LogP contribution in [-0.2, 0) is 26.1 Å². The van der Waals surface area contributed by atoms with Gasteiger partial charge < -0.3 is 26.6 Å². The first kappa shape index (κ1) is 27.4. The second kappa shape index (κ2) is 12.7. The van der Waals surface area contributed by atoms with Crippen LogP contribution >= 0.6 is 0 Å².